The molecular weight excluding hydrogens is 327 g/mol. The van der Waals surface area contributed by atoms with Gasteiger partial charge in [0.2, 0.25) is 0 Å². The van der Waals surface area contributed by atoms with Crippen molar-refractivity contribution in [3.05, 3.63) is 65.7 Å². The van der Waals surface area contributed by atoms with E-state index in [1.807, 2.05) is 0 Å². The smallest absolute Gasteiger partial charge is 0.340 e. The van der Waals surface area contributed by atoms with E-state index in [2.05, 4.69) is 6.92 Å². The van der Waals surface area contributed by atoms with Gasteiger partial charge in [0.05, 0.1) is 6.61 Å². The van der Waals surface area contributed by atoms with E-state index in [4.69, 9.17) is 4.74 Å². The molecule has 0 spiro atoms. The van der Waals surface area contributed by atoms with E-state index in [1.165, 1.54) is 12.1 Å². The maximum Gasteiger partial charge on any atom is 0.340 e. The molecule has 2 aromatic rings. The molecule has 2 rings (SSSR count). The summed E-state index contributed by atoms with van der Waals surface area (Å²) < 4.78 is 17.4. The van der Waals surface area contributed by atoms with Gasteiger partial charge in [0, 0.05) is 5.56 Å². The topological polar surface area (TPSA) is 83.8 Å². The Balaban J connectivity index is 2.23. The Labute approximate surface area is 141 Å². The quantitative estimate of drug-likeness (QED) is 0.428. The zero-order chi connectivity index (χ0) is 17.6. The number of carbonyl (C=O) groups excluding carboxylic acids is 1. The first-order valence-corrected chi connectivity index (χ1v) is 9.49. The predicted molar refractivity (Wildman–Crippen MR) is 92.4 cm³/mol. The summed E-state index contributed by atoms with van der Waals surface area (Å²) in [6.07, 6.45) is 1.96. The molecule has 128 valence electrons. The number of benzene rings is 2. The van der Waals surface area contributed by atoms with Gasteiger partial charge in [-0.2, -0.15) is 0 Å². The zero-order valence-corrected chi connectivity index (χ0v) is 14.4. The molecule has 2 aromatic carbocycles. The Morgan fingerprint density at radius 1 is 1.08 bits per heavy atom. The molecule has 0 amide bonds. The zero-order valence-electron chi connectivity index (χ0n) is 13.5. The number of Topliss-reactive ketones (excluding diaryl/α,β-unsaturated/α-hetero) is 1. The number of hydrogen-bond acceptors (Lipinski definition) is 3. The number of unbranched alkanes of at least 4 members (excludes halogenated alkanes) is 1. The van der Waals surface area contributed by atoms with Crippen molar-refractivity contribution in [3.63, 3.8) is 0 Å². The first-order valence-electron chi connectivity index (χ1n) is 7.80. The molecule has 0 aliphatic carbocycles. The lowest BCUT2D eigenvalue weighted by molar-refractivity contribution is 0.0978. The lowest BCUT2D eigenvalue weighted by Gasteiger charge is -2.18. The third-order valence-electron chi connectivity index (χ3n) is 3.61. The normalized spacial score (nSPS) is 12.6. The first kappa shape index (κ1) is 18.4. The van der Waals surface area contributed by atoms with Gasteiger partial charge in [-0.15, -0.1) is 0 Å². The molecule has 1 atom stereocenters. The van der Waals surface area contributed by atoms with Gasteiger partial charge in [-0.1, -0.05) is 43.7 Å². The highest BCUT2D eigenvalue weighted by atomic mass is 31.2. The van der Waals surface area contributed by atoms with Gasteiger partial charge in [0.15, 0.2) is 5.78 Å². The van der Waals surface area contributed by atoms with Gasteiger partial charge in [-0.25, -0.2) is 0 Å². The van der Waals surface area contributed by atoms with Crippen LogP contribution in [0.3, 0.4) is 0 Å². The summed E-state index contributed by atoms with van der Waals surface area (Å²) in [7, 11) is -4.63. The minimum atomic E-state index is -4.63. The van der Waals surface area contributed by atoms with Gasteiger partial charge in [-0.05, 0) is 36.2 Å². The van der Waals surface area contributed by atoms with Crippen molar-refractivity contribution < 1.29 is 23.9 Å². The summed E-state index contributed by atoms with van der Waals surface area (Å²) in [5.41, 5.74) is -0.945. The Bertz CT molecular complexity index is 706. The van der Waals surface area contributed by atoms with Gasteiger partial charge < -0.3 is 14.5 Å². The SMILES string of the molecule is CCCCOc1ccc(C(=O)C(c2ccccc2)P(=O)(O)O)cc1. The van der Waals surface area contributed by atoms with Crippen molar-refractivity contribution in [1.82, 2.24) is 0 Å². The Morgan fingerprint density at radius 2 is 1.71 bits per heavy atom. The molecule has 0 aliphatic heterocycles. The van der Waals surface area contributed by atoms with Crippen molar-refractivity contribution in [2.75, 3.05) is 6.61 Å². The third-order valence-corrected chi connectivity index (χ3v) is 4.81. The lowest BCUT2D eigenvalue weighted by atomic mass is 10.0. The average molecular weight is 348 g/mol. The van der Waals surface area contributed by atoms with E-state index < -0.39 is 19.0 Å². The predicted octanol–water partition coefficient (Wildman–Crippen LogP) is 3.97. The van der Waals surface area contributed by atoms with Crippen molar-refractivity contribution in [3.8, 4) is 5.75 Å². The van der Waals surface area contributed by atoms with Crippen molar-refractivity contribution in [2.24, 2.45) is 0 Å². The van der Waals surface area contributed by atoms with E-state index in [1.54, 1.807) is 42.5 Å². The fourth-order valence-corrected chi connectivity index (χ4v) is 3.36. The second kappa shape index (κ2) is 8.25. The van der Waals surface area contributed by atoms with Crippen LogP contribution >= 0.6 is 7.60 Å². The molecule has 6 heteroatoms. The minimum absolute atomic E-state index is 0.245. The molecule has 1 unspecified atom stereocenters. The maximum atomic E-state index is 12.6. The van der Waals surface area contributed by atoms with Crippen molar-refractivity contribution in [2.45, 2.75) is 25.4 Å². The molecule has 5 nitrogen and oxygen atoms in total. The molecule has 0 aliphatic rings. The summed E-state index contributed by atoms with van der Waals surface area (Å²) in [6.45, 7) is 2.66. The number of ketones is 1. The van der Waals surface area contributed by atoms with Crippen LogP contribution in [0, 0.1) is 0 Å². The molecule has 0 fully saturated rings. The molecule has 0 saturated heterocycles. The highest BCUT2D eigenvalue weighted by Crippen LogP contribution is 2.53. The number of carbonyl (C=O) groups is 1. The highest BCUT2D eigenvalue weighted by Gasteiger charge is 2.37. The second-order valence-electron chi connectivity index (χ2n) is 5.49. The van der Waals surface area contributed by atoms with Crippen LogP contribution in [0.15, 0.2) is 54.6 Å². The van der Waals surface area contributed by atoms with E-state index in [9.17, 15) is 19.1 Å². The maximum absolute atomic E-state index is 12.6. The van der Waals surface area contributed by atoms with E-state index in [0.29, 0.717) is 17.9 Å². The van der Waals surface area contributed by atoms with E-state index >= 15 is 0 Å². The van der Waals surface area contributed by atoms with Gasteiger partial charge in [-0.3, -0.25) is 9.36 Å². The minimum Gasteiger partial charge on any atom is -0.494 e. The summed E-state index contributed by atoms with van der Waals surface area (Å²) in [5, 5.41) is 0. The molecular formula is C18H21O5P. The van der Waals surface area contributed by atoms with Crippen LogP contribution in [0.4, 0.5) is 0 Å². The Hall–Kier alpha value is -1.94. The third kappa shape index (κ3) is 4.78. The van der Waals surface area contributed by atoms with Crippen LogP contribution in [0.1, 0.15) is 41.3 Å². The van der Waals surface area contributed by atoms with Crippen LogP contribution in [0.25, 0.3) is 0 Å². The van der Waals surface area contributed by atoms with Crippen LogP contribution in [-0.4, -0.2) is 22.2 Å². The number of rotatable bonds is 8. The molecule has 0 saturated carbocycles. The Kier molecular flexibility index (Phi) is 6.32. The molecule has 0 aromatic heterocycles. The fourth-order valence-electron chi connectivity index (χ4n) is 2.34. The standard InChI is InChI=1S/C18H21O5P/c1-2-3-13-23-16-11-9-14(10-12-16)17(19)18(24(20,21)22)15-7-5-4-6-8-15/h4-12,18H,2-3,13H2,1H3,(H2,20,21,22). The summed E-state index contributed by atoms with van der Waals surface area (Å²) in [5.74, 6) is 0.0297. The number of hydrogen-bond donors (Lipinski definition) is 2. The van der Waals surface area contributed by atoms with E-state index in [0.717, 1.165) is 12.8 Å². The van der Waals surface area contributed by atoms with Gasteiger partial charge >= 0.3 is 7.60 Å². The first-order chi connectivity index (χ1) is 11.4. The summed E-state index contributed by atoms with van der Waals surface area (Å²) in [4.78, 5) is 31.9. The highest BCUT2D eigenvalue weighted by molar-refractivity contribution is 7.53. The molecule has 2 N–H and O–H groups in total. The Morgan fingerprint density at radius 3 is 2.25 bits per heavy atom. The summed E-state index contributed by atoms with van der Waals surface area (Å²) >= 11 is 0. The monoisotopic (exact) mass is 348 g/mol. The van der Waals surface area contributed by atoms with Gasteiger partial charge in [0.1, 0.15) is 11.4 Å². The van der Waals surface area contributed by atoms with Crippen LogP contribution in [-0.2, 0) is 4.57 Å². The number of ether oxygens (including phenoxy) is 1. The second-order valence-corrected chi connectivity index (χ2v) is 7.19. The van der Waals surface area contributed by atoms with Crippen molar-refractivity contribution >= 4 is 13.4 Å². The van der Waals surface area contributed by atoms with Crippen LogP contribution < -0.4 is 4.74 Å². The molecule has 0 heterocycles. The molecule has 0 bridgehead atoms. The largest absolute Gasteiger partial charge is 0.494 e. The van der Waals surface area contributed by atoms with Crippen molar-refractivity contribution in [1.29, 1.82) is 0 Å². The van der Waals surface area contributed by atoms with Crippen LogP contribution in [0.5, 0.6) is 5.75 Å². The van der Waals surface area contributed by atoms with E-state index in [-0.39, 0.29) is 5.56 Å². The average Bonchev–Trinajstić information content (AvgIpc) is 2.55. The summed E-state index contributed by atoms with van der Waals surface area (Å²) in [6, 6.07) is 14.5. The fraction of sp³-hybridized carbons (Fsp3) is 0.278. The molecule has 0 radical (unpaired) electrons. The van der Waals surface area contributed by atoms with Gasteiger partial charge in [0.25, 0.3) is 0 Å². The lowest BCUT2D eigenvalue weighted by Crippen LogP contribution is -2.13. The van der Waals surface area contributed by atoms with Crippen LogP contribution in [0.2, 0.25) is 0 Å². The molecule has 24 heavy (non-hydrogen) atoms.